The number of aromatic nitrogens is 1. The van der Waals surface area contributed by atoms with Crippen molar-refractivity contribution < 1.29 is 42.4 Å². The van der Waals surface area contributed by atoms with Crippen molar-refractivity contribution in [1.82, 2.24) is 4.98 Å². The molecule has 2 amide bonds. The van der Waals surface area contributed by atoms with Gasteiger partial charge in [0.1, 0.15) is 35.8 Å². The number of nitrogens with one attached hydrogen (secondary N) is 2. The number of fused-ring (bicyclic) bond motifs is 1. The molecule has 0 saturated carbocycles. The minimum absolute atomic E-state index is 0.0937. The Labute approximate surface area is 228 Å². The maximum atomic E-state index is 13.5. The van der Waals surface area contributed by atoms with Crippen molar-refractivity contribution in [1.29, 1.82) is 0 Å². The first-order valence-electron chi connectivity index (χ1n) is 12.5. The maximum Gasteiger partial charge on any atom is 0.416 e. The molecule has 0 fully saturated rings. The summed E-state index contributed by atoms with van der Waals surface area (Å²) in [5.74, 6) is -0.0880. The van der Waals surface area contributed by atoms with Gasteiger partial charge in [-0.2, -0.15) is 13.2 Å². The number of rotatable bonds is 9. The second-order valence-corrected chi connectivity index (χ2v) is 9.41. The van der Waals surface area contributed by atoms with E-state index in [2.05, 4.69) is 15.6 Å². The highest BCUT2D eigenvalue weighted by atomic mass is 19.4. The van der Waals surface area contributed by atoms with E-state index in [1.165, 1.54) is 19.2 Å². The van der Waals surface area contributed by atoms with E-state index in [-0.39, 0.29) is 17.3 Å². The topological polar surface area (TPSA) is 130 Å². The summed E-state index contributed by atoms with van der Waals surface area (Å²) in [5, 5.41) is 23.5. The number of hydrogen-bond donors (Lipinski definition) is 4. The van der Waals surface area contributed by atoms with Crippen molar-refractivity contribution in [3.8, 4) is 17.2 Å². The number of benzene rings is 2. The summed E-state index contributed by atoms with van der Waals surface area (Å²) in [6.07, 6.45) is -2.98. The van der Waals surface area contributed by atoms with E-state index in [9.17, 15) is 27.9 Å². The Morgan fingerprint density at radius 2 is 1.82 bits per heavy atom. The number of ether oxygens (including phenoxy) is 2. The molecule has 12 heteroatoms. The summed E-state index contributed by atoms with van der Waals surface area (Å²) < 4.78 is 51.5. The molecule has 2 aromatic carbocycles. The van der Waals surface area contributed by atoms with Crippen LogP contribution in [0.5, 0.6) is 17.2 Å². The van der Waals surface area contributed by atoms with E-state index in [4.69, 9.17) is 14.6 Å². The number of aryl methyl sites for hydroxylation is 1. The number of alkyl halides is 3. The molecular weight excluding hydrogens is 531 g/mol. The van der Waals surface area contributed by atoms with Crippen LogP contribution in [0.2, 0.25) is 0 Å². The van der Waals surface area contributed by atoms with Gasteiger partial charge in [-0.05, 0) is 60.7 Å². The highest BCUT2D eigenvalue weighted by molar-refractivity contribution is 5.93. The van der Waals surface area contributed by atoms with E-state index in [1.807, 2.05) is 12.1 Å². The molecule has 0 spiro atoms. The number of hydrogen-bond acceptors (Lipinski definition) is 7. The second kappa shape index (κ2) is 12.3. The molecule has 0 radical (unpaired) electrons. The first kappa shape index (κ1) is 28.8. The maximum absolute atomic E-state index is 13.5. The standard InChI is InChI=1S/C28H28F3N3O6/c1-16(36)33-26-13-24(6-7-32-26)40-23-5-4-17-2-3-18(8-19(17)9-23)27(38)34-21-10-20(28(29,30)31)11-25(12-21)39-15-22(37)14-35/h4-7,9-13,18,22,35,37H,2-3,8,14-15H2,1H3,(H,34,38)(H,32,33,36). The van der Waals surface area contributed by atoms with Crippen LogP contribution in [-0.2, 0) is 28.6 Å². The molecule has 3 aromatic rings. The van der Waals surface area contributed by atoms with Crippen LogP contribution < -0.4 is 20.1 Å². The summed E-state index contributed by atoms with van der Waals surface area (Å²) in [4.78, 5) is 28.4. The lowest BCUT2D eigenvalue weighted by molar-refractivity contribution is -0.137. The van der Waals surface area contributed by atoms with Crippen LogP contribution in [0.15, 0.2) is 54.7 Å². The van der Waals surface area contributed by atoms with E-state index < -0.39 is 42.9 Å². The van der Waals surface area contributed by atoms with Crippen molar-refractivity contribution in [2.24, 2.45) is 5.92 Å². The van der Waals surface area contributed by atoms with Gasteiger partial charge in [0.15, 0.2) is 0 Å². The quantitative estimate of drug-likeness (QED) is 0.307. The molecule has 2 atom stereocenters. The lowest BCUT2D eigenvalue weighted by Gasteiger charge is -2.25. The van der Waals surface area contributed by atoms with E-state index in [1.54, 1.807) is 18.2 Å². The monoisotopic (exact) mass is 559 g/mol. The minimum atomic E-state index is -4.69. The van der Waals surface area contributed by atoms with Gasteiger partial charge >= 0.3 is 6.18 Å². The van der Waals surface area contributed by atoms with Gasteiger partial charge in [0.2, 0.25) is 11.8 Å². The normalized spacial score (nSPS) is 15.5. The van der Waals surface area contributed by atoms with Gasteiger partial charge in [-0.25, -0.2) is 4.98 Å². The van der Waals surface area contributed by atoms with Gasteiger partial charge in [-0.1, -0.05) is 6.07 Å². The third-order valence-electron chi connectivity index (χ3n) is 6.20. The Bertz CT molecular complexity index is 1380. The number of carbonyl (C=O) groups excluding carboxylic acids is 2. The Kier molecular flexibility index (Phi) is 8.90. The molecule has 1 aliphatic carbocycles. The average molecular weight is 560 g/mol. The predicted octanol–water partition coefficient (Wildman–Crippen LogP) is 4.33. The highest BCUT2D eigenvalue weighted by Gasteiger charge is 2.32. The SMILES string of the molecule is CC(=O)Nc1cc(Oc2ccc3c(c2)CC(C(=O)Nc2cc(OCC(O)CO)cc(C(F)(F)F)c2)CC3)ccn1. The van der Waals surface area contributed by atoms with Crippen LogP contribution in [0.3, 0.4) is 0 Å². The molecule has 9 nitrogen and oxygen atoms in total. The number of aliphatic hydroxyl groups excluding tert-OH is 2. The molecule has 2 unspecified atom stereocenters. The Morgan fingerprint density at radius 1 is 1.05 bits per heavy atom. The van der Waals surface area contributed by atoms with Crippen molar-refractivity contribution >= 4 is 23.3 Å². The van der Waals surface area contributed by atoms with Crippen molar-refractivity contribution in [2.75, 3.05) is 23.8 Å². The number of pyridine rings is 1. The lowest BCUT2D eigenvalue weighted by atomic mass is 9.83. The third-order valence-corrected chi connectivity index (χ3v) is 6.20. The van der Waals surface area contributed by atoms with Gasteiger partial charge < -0.3 is 30.3 Å². The van der Waals surface area contributed by atoms with Crippen LogP contribution in [0.4, 0.5) is 24.7 Å². The second-order valence-electron chi connectivity index (χ2n) is 9.41. The molecule has 1 aromatic heterocycles. The first-order valence-corrected chi connectivity index (χ1v) is 12.5. The van der Waals surface area contributed by atoms with Crippen molar-refractivity contribution in [3.63, 3.8) is 0 Å². The smallest absolute Gasteiger partial charge is 0.416 e. The summed E-state index contributed by atoms with van der Waals surface area (Å²) in [6.45, 7) is 0.345. The van der Waals surface area contributed by atoms with Crippen molar-refractivity contribution in [3.05, 3.63) is 71.4 Å². The Balaban J connectivity index is 1.46. The van der Waals surface area contributed by atoms with Crippen LogP contribution in [0.1, 0.15) is 30.0 Å². The number of nitrogens with zero attached hydrogens (tertiary/aromatic N) is 1. The summed E-state index contributed by atoms with van der Waals surface area (Å²) in [5.41, 5.74) is 0.810. The predicted molar refractivity (Wildman–Crippen MR) is 139 cm³/mol. The molecule has 0 bridgehead atoms. The third kappa shape index (κ3) is 7.70. The average Bonchev–Trinajstić information content (AvgIpc) is 2.90. The van der Waals surface area contributed by atoms with Crippen LogP contribution in [0.25, 0.3) is 0 Å². The van der Waals surface area contributed by atoms with Crippen molar-refractivity contribution in [2.45, 2.75) is 38.5 Å². The number of anilines is 2. The summed E-state index contributed by atoms with van der Waals surface area (Å²) in [6, 6.07) is 11.6. The van der Waals surface area contributed by atoms with Crippen LogP contribution in [-0.4, -0.2) is 46.3 Å². The largest absolute Gasteiger partial charge is 0.491 e. The van der Waals surface area contributed by atoms with Gasteiger partial charge in [0, 0.05) is 36.9 Å². The fourth-order valence-electron chi connectivity index (χ4n) is 4.29. The Morgan fingerprint density at radius 3 is 2.55 bits per heavy atom. The first-order chi connectivity index (χ1) is 19.0. The van der Waals surface area contributed by atoms with Gasteiger partial charge in [-0.3, -0.25) is 9.59 Å². The fraction of sp³-hybridized carbons (Fsp3) is 0.321. The number of aliphatic hydroxyl groups is 2. The van der Waals surface area contributed by atoms with Gasteiger partial charge in [0.05, 0.1) is 12.2 Å². The molecule has 0 saturated heterocycles. The Hall–Kier alpha value is -4.16. The molecule has 0 aliphatic heterocycles. The van der Waals surface area contributed by atoms with E-state index >= 15 is 0 Å². The zero-order chi connectivity index (χ0) is 28.9. The van der Waals surface area contributed by atoms with Gasteiger partial charge in [0.25, 0.3) is 0 Å². The van der Waals surface area contributed by atoms with Gasteiger partial charge in [-0.15, -0.1) is 0 Å². The minimum Gasteiger partial charge on any atom is -0.491 e. The number of halogens is 3. The lowest BCUT2D eigenvalue weighted by Crippen LogP contribution is -2.28. The fourth-order valence-corrected chi connectivity index (χ4v) is 4.29. The molecule has 40 heavy (non-hydrogen) atoms. The number of amides is 2. The summed E-state index contributed by atoms with van der Waals surface area (Å²) in [7, 11) is 0. The molecule has 4 rings (SSSR count). The molecule has 212 valence electrons. The van der Waals surface area contributed by atoms with Crippen LogP contribution >= 0.6 is 0 Å². The van der Waals surface area contributed by atoms with E-state index in [0.29, 0.717) is 36.6 Å². The molecule has 4 N–H and O–H groups in total. The molecule has 1 aliphatic rings. The zero-order valence-corrected chi connectivity index (χ0v) is 21.5. The van der Waals surface area contributed by atoms with E-state index in [0.717, 1.165) is 23.3 Å². The zero-order valence-electron chi connectivity index (χ0n) is 21.5. The molecule has 1 heterocycles. The summed E-state index contributed by atoms with van der Waals surface area (Å²) >= 11 is 0. The number of carbonyl (C=O) groups is 2. The highest BCUT2D eigenvalue weighted by Crippen LogP contribution is 2.35. The van der Waals surface area contributed by atoms with Crippen LogP contribution in [0, 0.1) is 5.92 Å². The molecular formula is C28H28F3N3O6.